The van der Waals surface area contributed by atoms with Crippen LogP contribution in [0.25, 0.3) is 11.4 Å². The Labute approximate surface area is 229 Å². The fourth-order valence-electron chi connectivity index (χ4n) is 6.27. The van der Waals surface area contributed by atoms with Crippen LogP contribution in [0.3, 0.4) is 0 Å². The highest BCUT2D eigenvalue weighted by Gasteiger charge is 2.35. The largest absolute Gasteiger partial charge is 0.328 e. The number of rotatable bonds is 9. The van der Waals surface area contributed by atoms with Crippen LogP contribution in [0, 0.1) is 5.92 Å². The molecule has 0 spiro atoms. The molecule has 1 fully saturated rings. The number of allylic oxidation sites excluding steroid dienone is 1. The lowest BCUT2D eigenvalue weighted by Crippen LogP contribution is -2.39. The van der Waals surface area contributed by atoms with Crippen molar-refractivity contribution in [3.8, 4) is 11.4 Å². The maximum atomic E-state index is 14.2. The summed E-state index contributed by atoms with van der Waals surface area (Å²) in [6.07, 6.45) is 17.6. The van der Waals surface area contributed by atoms with Crippen LogP contribution in [0.1, 0.15) is 88.9 Å². The van der Waals surface area contributed by atoms with Crippen molar-refractivity contribution in [2.24, 2.45) is 10.9 Å². The second kappa shape index (κ2) is 12.1. The summed E-state index contributed by atoms with van der Waals surface area (Å²) in [6.45, 7) is 4.36. The van der Waals surface area contributed by atoms with Crippen LogP contribution in [-0.4, -0.2) is 41.8 Å². The van der Waals surface area contributed by atoms with Crippen LogP contribution in [0.5, 0.6) is 0 Å². The van der Waals surface area contributed by atoms with E-state index in [4.69, 9.17) is 0 Å². The third-order valence-electron chi connectivity index (χ3n) is 8.50. The van der Waals surface area contributed by atoms with Gasteiger partial charge in [0.05, 0.1) is 0 Å². The summed E-state index contributed by atoms with van der Waals surface area (Å²) in [5, 5.41) is 14.5. The Morgan fingerprint density at radius 3 is 2.74 bits per heavy atom. The van der Waals surface area contributed by atoms with Crippen LogP contribution >= 0.6 is 0 Å². The number of aromatic nitrogens is 6. The minimum atomic E-state index is -0.459. The number of carbonyl (C=O) groups is 1. The summed E-state index contributed by atoms with van der Waals surface area (Å²) in [7, 11) is 0. The van der Waals surface area contributed by atoms with E-state index < -0.39 is 5.41 Å². The van der Waals surface area contributed by atoms with E-state index in [0.717, 1.165) is 74.6 Å². The van der Waals surface area contributed by atoms with E-state index in [1.54, 1.807) is 6.92 Å². The molecule has 1 N–H and O–H groups in total. The summed E-state index contributed by atoms with van der Waals surface area (Å²) in [5.41, 5.74) is 2.50. The quantitative estimate of drug-likeness (QED) is 0.410. The molecule has 5 rings (SSSR count). The number of hydrogen-bond donors (Lipinski definition) is 1. The monoisotopic (exact) mass is 529 g/mol. The van der Waals surface area contributed by atoms with E-state index in [9.17, 15) is 9.59 Å². The zero-order chi connectivity index (χ0) is 27.2. The number of aliphatic imine (C=N–C) groups is 1. The molecule has 3 heterocycles. The van der Waals surface area contributed by atoms with Crippen molar-refractivity contribution < 1.29 is 4.79 Å². The van der Waals surface area contributed by atoms with Gasteiger partial charge in [-0.2, -0.15) is 5.21 Å². The van der Waals surface area contributed by atoms with Crippen molar-refractivity contribution in [1.29, 1.82) is 0 Å². The summed E-state index contributed by atoms with van der Waals surface area (Å²) >= 11 is 0. The van der Waals surface area contributed by atoms with Crippen molar-refractivity contribution in [2.45, 2.75) is 96.1 Å². The number of nitrogens with zero attached hydrogens (tertiary/aromatic N) is 6. The molecular formula is C30H39N7O2. The van der Waals surface area contributed by atoms with Gasteiger partial charge in [-0.05, 0) is 55.9 Å². The molecule has 9 heteroatoms. The van der Waals surface area contributed by atoms with Crippen LogP contribution < -0.4 is 5.69 Å². The van der Waals surface area contributed by atoms with Crippen LogP contribution in [0.2, 0.25) is 0 Å². The highest BCUT2D eigenvalue weighted by Crippen LogP contribution is 2.36. The normalized spacial score (nSPS) is 23.4. The third-order valence-corrected chi connectivity index (χ3v) is 8.50. The predicted octanol–water partition coefficient (Wildman–Crippen LogP) is 5.20. The number of nitrogens with one attached hydrogen (secondary N) is 1. The first-order valence-electron chi connectivity index (χ1n) is 14.4. The Morgan fingerprint density at radius 1 is 1.18 bits per heavy atom. The number of imidazole rings is 1. The first-order valence-corrected chi connectivity index (χ1v) is 14.4. The van der Waals surface area contributed by atoms with Gasteiger partial charge in [0.15, 0.2) is 0 Å². The van der Waals surface area contributed by atoms with Gasteiger partial charge in [-0.1, -0.05) is 63.3 Å². The number of benzene rings is 1. The number of aromatic amines is 1. The molecule has 3 aromatic rings. The lowest BCUT2D eigenvalue weighted by molar-refractivity contribution is -0.122. The highest BCUT2D eigenvalue weighted by atomic mass is 16.2. The van der Waals surface area contributed by atoms with Gasteiger partial charge < -0.3 is 0 Å². The third kappa shape index (κ3) is 5.72. The molecule has 1 aliphatic heterocycles. The van der Waals surface area contributed by atoms with E-state index in [2.05, 4.69) is 56.9 Å². The molecule has 1 aromatic carbocycles. The smallest absolute Gasteiger partial charge is 0.300 e. The molecule has 3 unspecified atom stereocenters. The summed E-state index contributed by atoms with van der Waals surface area (Å²) in [4.78, 5) is 31.3. The van der Waals surface area contributed by atoms with Gasteiger partial charge in [0.2, 0.25) is 5.82 Å². The molecule has 0 radical (unpaired) electrons. The van der Waals surface area contributed by atoms with Gasteiger partial charge in [-0.15, -0.1) is 10.2 Å². The molecular weight excluding hydrogens is 490 g/mol. The maximum Gasteiger partial charge on any atom is 0.328 e. The van der Waals surface area contributed by atoms with E-state index in [0.29, 0.717) is 18.8 Å². The molecule has 0 saturated heterocycles. The predicted molar refractivity (Wildman–Crippen MR) is 152 cm³/mol. The number of unbranched alkanes of at least 4 members (excludes halogenated alkanes) is 1. The molecule has 206 valence electrons. The minimum absolute atomic E-state index is 0.0115. The van der Waals surface area contributed by atoms with Crippen molar-refractivity contribution >= 4 is 12.0 Å². The van der Waals surface area contributed by atoms with Gasteiger partial charge in [-0.3, -0.25) is 18.9 Å². The molecule has 3 atom stereocenters. The van der Waals surface area contributed by atoms with E-state index in [1.807, 2.05) is 33.7 Å². The van der Waals surface area contributed by atoms with Crippen molar-refractivity contribution in [1.82, 2.24) is 29.8 Å². The number of aryl methyl sites for hydroxylation is 1. The van der Waals surface area contributed by atoms with Gasteiger partial charge in [0.1, 0.15) is 5.78 Å². The van der Waals surface area contributed by atoms with Gasteiger partial charge in [0, 0.05) is 53.8 Å². The van der Waals surface area contributed by atoms with Gasteiger partial charge >= 0.3 is 5.69 Å². The fourth-order valence-corrected chi connectivity index (χ4v) is 6.27. The zero-order valence-electron chi connectivity index (χ0n) is 23.1. The Balaban J connectivity index is 1.58. The Hall–Kier alpha value is -3.62. The lowest BCUT2D eigenvalue weighted by Gasteiger charge is -2.32. The van der Waals surface area contributed by atoms with Crippen LogP contribution in [-0.2, 0) is 23.2 Å². The number of carbonyl (C=O) groups excluding carboxylic acids is 1. The fraction of sp³-hybridized carbons (Fsp3) is 0.533. The molecule has 2 aromatic heterocycles. The molecule has 0 amide bonds. The van der Waals surface area contributed by atoms with E-state index >= 15 is 0 Å². The number of hydrogen-bond acceptors (Lipinski definition) is 6. The Morgan fingerprint density at radius 2 is 2.03 bits per heavy atom. The topological polar surface area (TPSA) is 111 Å². The number of Topliss-reactive ketones (excluding diaryl/α,β-unsaturated/α-hetero) is 1. The molecule has 39 heavy (non-hydrogen) atoms. The number of H-pyrrole nitrogens is 1. The maximum absolute atomic E-state index is 14.2. The number of ketones is 1. The molecule has 0 bridgehead atoms. The highest BCUT2D eigenvalue weighted by molar-refractivity contribution is 5.78. The van der Waals surface area contributed by atoms with Crippen molar-refractivity contribution in [3.63, 3.8) is 0 Å². The van der Waals surface area contributed by atoms with Crippen LogP contribution in [0.4, 0.5) is 0 Å². The van der Waals surface area contributed by atoms with E-state index in [1.165, 1.54) is 0 Å². The Bertz CT molecular complexity index is 1380. The lowest BCUT2D eigenvalue weighted by atomic mass is 9.76. The molecule has 1 saturated carbocycles. The average Bonchev–Trinajstić information content (AvgIpc) is 3.57. The summed E-state index contributed by atoms with van der Waals surface area (Å²) in [6, 6.07) is 8.07. The van der Waals surface area contributed by atoms with Gasteiger partial charge in [0.25, 0.3) is 0 Å². The summed E-state index contributed by atoms with van der Waals surface area (Å²) < 4.78 is 3.88. The average molecular weight is 530 g/mol. The van der Waals surface area contributed by atoms with Gasteiger partial charge in [-0.25, -0.2) is 4.79 Å². The second-order valence-corrected chi connectivity index (χ2v) is 11.1. The zero-order valence-corrected chi connectivity index (χ0v) is 23.1. The first kappa shape index (κ1) is 27.0. The molecule has 1 aliphatic carbocycles. The van der Waals surface area contributed by atoms with E-state index in [-0.39, 0.29) is 23.4 Å². The minimum Gasteiger partial charge on any atom is -0.300 e. The summed E-state index contributed by atoms with van der Waals surface area (Å²) in [5.74, 6) is 0.616. The first-order chi connectivity index (χ1) is 19.0. The SMILES string of the molecule is CCCCc1cn(C2CCCCCCC2C(C)=O)c(=O)n1CC1(c2cccc(-c3nn[nH]n3)c2)C=CN=CC1. The standard InChI is InChI=1S/C30H39N7O2/c1-3-4-12-25-20-36(27-14-8-6-5-7-13-26(27)22(2)38)29(39)37(25)21-30(15-17-31-18-16-30)24-11-9-10-23(19-24)28-32-34-35-33-28/h9-11,15,17-20,26-27H,3-8,12-14,16,21H2,1-2H3,(H,32,33,34,35). The molecule has 9 nitrogen and oxygen atoms in total. The second-order valence-electron chi connectivity index (χ2n) is 11.1. The Kier molecular flexibility index (Phi) is 8.33. The van der Waals surface area contributed by atoms with Crippen molar-refractivity contribution in [3.05, 3.63) is 64.5 Å². The molecule has 2 aliphatic rings. The van der Waals surface area contributed by atoms with Crippen LogP contribution in [0.15, 0.2) is 52.5 Å². The number of tetrazole rings is 1. The van der Waals surface area contributed by atoms with Crippen molar-refractivity contribution in [2.75, 3.05) is 0 Å².